The molecule has 3 heteroatoms. The van der Waals surface area contributed by atoms with Gasteiger partial charge in [-0.3, -0.25) is 9.78 Å². The van der Waals surface area contributed by atoms with Crippen LogP contribution in [0.15, 0.2) is 66.7 Å². The van der Waals surface area contributed by atoms with Gasteiger partial charge in [0, 0.05) is 23.4 Å². The number of rotatable bonds is 5. The summed E-state index contributed by atoms with van der Waals surface area (Å²) in [5, 5.41) is 4.35. The average Bonchev–Trinajstić information content (AvgIpc) is 3.47. The van der Waals surface area contributed by atoms with Gasteiger partial charge in [-0.25, -0.2) is 0 Å². The van der Waals surface area contributed by atoms with E-state index in [9.17, 15) is 4.79 Å². The summed E-state index contributed by atoms with van der Waals surface area (Å²) < 4.78 is 0. The Morgan fingerprint density at radius 1 is 1.00 bits per heavy atom. The fourth-order valence-corrected chi connectivity index (χ4v) is 3.00. The van der Waals surface area contributed by atoms with Crippen molar-refractivity contribution in [2.45, 2.75) is 25.3 Å². The number of benzene rings is 2. The van der Waals surface area contributed by atoms with Crippen LogP contribution in [0, 0.1) is 5.92 Å². The first-order valence-electron chi connectivity index (χ1n) is 8.49. The van der Waals surface area contributed by atoms with Gasteiger partial charge in [0.15, 0.2) is 0 Å². The third-order valence-corrected chi connectivity index (χ3v) is 4.54. The molecule has 0 bridgehead atoms. The van der Waals surface area contributed by atoms with E-state index < -0.39 is 0 Å². The van der Waals surface area contributed by atoms with Crippen molar-refractivity contribution >= 4 is 16.8 Å². The van der Waals surface area contributed by atoms with Crippen LogP contribution >= 0.6 is 0 Å². The fourth-order valence-electron chi connectivity index (χ4n) is 3.00. The zero-order chi connectivity index (χ0) is 16.4. The number of para-hydroxylation sites is 1. The Bertz CT molecular complexity index is 856. The Hall–Kier alpha value is -2.68. The average molecular weight is 316 g/mol. The van der Waals surface area contributed by atoms with Crippen molar-refractivity contribution in [3.8, 4) is 0 Å². The summed E-state index contributed by atoms with van der Waals surface area (Å²) in [5.41, 5.74) is 3.12. The van der Waals surface area contributed by atoms with Gasteiger partial charge in [0.05, 0.1) is 11.6 Å². The van der Waals surface area contributed by atoms with Gasteiger partial charge >= 0.3 is 0 Å². The van der Waals surface area contributed by atoms with Crippen LogP contribution in [-0.2, 0) is 11.2 Å². The number of carbonyl (C=O) groups is 1. The molecule has 1 saturated carbocycles. The molecule has 4 rings (SSSR count). The molecule has 2 aromatic carbocycles. The lowest BCUT2D eigenvalue weighted by atomic mass is 10.0. The second kappa shape index (κ2) is 6.44. The zero-order valence-corrected chi connectivity index (χ0v) is 13.5. The Morgan fingerprint density at radius 2 is 1.75 bits per heavy atom. The van der Waals surface area contributed by atoms with Gasteiger partial charge in [0.25, 0.3) is 0 Å². The van der Waals surface area contributed by atoms with E-state index in [-0.39, 0.29) is 17.9 Å². The first-order valence-corrected chi connectivity index (χ1v) is 8.49. The van der Waals surface area contributed by atoms with Gasteiger partial charge in [-0.2, -0.15) is 0 Å². The van der Waals surface area contributed by atoms with Gasteiger partial charge in [0.1, 0.15) is 0 Å². The molecule has 1 aliphatic carbocycles. The molecule has 0 radical (unpaired) electrons. The number of hydrogen-bond acceptors (Lipinski definition) is 2. The highest BCUT2D eigenvalue weighted by atomic mass is 16.2. The molecule has 1 aromatic heterocycles. The maximum atomic E-state index is 12.3. The van der Waals surface area contributed by atoms with Crippen molar-refractivity contribution in [2.75, 3.05) is 0 Å². The number of nitrogens with one attached hydrogen (secondary N) is 1. The SMILES string of the molecule is O=C(NC(Cc1ccc2ccccc2n1)c1ccccc1)C1CC1. The van der Waals surface area contributed by atoms with Crippen molar-refractivity contribution < 1.29 is 4.79 Å². The summed E-state index contributed by atoms with van der Waals surface area (Å²) in [6, 6.07) is 22.4. The van der Waals surface area contributed by atoms with Gasteiger partial charge in [-0.05, 0) is 30.5 Å². The predicted molar refractivity (Wildman–Crippen MR) is 95.5 cm³/mol. The fraction of sp³-hybridized carbons (Fsp3) is 0.238. The van der Waals surface area contributed by atoms with Crippen LogP contribution in [-0.4, -0.2) is 10.9 Å². The summed E-state index contributed by atoms with van der Waals surface area (Å²) in [6.07, 6.45) is 2.73. The van der Waals surface area contributed by atoms with Crippen LogP contribution in [0.2, 0.25) is 0 Å². The summed E-state index contributed by atoms with van der Waals surface area (Å²) >= 11 is 0. The molecule has 1 aliphatic rings. The Morgan fingerprint density at radius 3 is 2.54 bits per heavy atom. The van der Waals surface area contributed by atoms with E-state index in [2.05, 4.69) is 35.6 Å². The normalized spacial score (nSPS) is 15.2. The molecule has 120 valence electrons. The number of carbonyl (C=O) groups excluding carboxylic acids is 1. The third kappa shape index (κ3) is 3.30. The van der Waals surface area contributed by atoms with Crippen molar-refractivity contribution in [3.05, 3.63) is 78.0 Å². The van der Waals surface area contributed by atoms with Gasteiger partial charge in [0.2, 0.25) is 5.91 Å². The van der Waals surface area contributed by atoms with Crippen molar-refractivity contribution in [3.63, 3.8) is 0 Å². The lowest BCUT2D eigenvalue weighted by Crippen LogP contribution is -2.31. The number of pyridine rings is 1. The van der Waals surface area contributed by atoms with E-state index in [4.69, 9.17) is 4.98 Å². The lowest BCUT2D eigenvalue weighted by Gasteiger charge is -2.19. The molecule has 1 amide bonds. The molecular formula is C21H20N2O. The minimum Gasteiger partial charge on any atom is -0.349 e. The van der Waals surface area contributed by atoms with Crippen LogP contribution in [0.5, 0.6) is 0 Å². The molecule has 0 aliphatic heterocycles. The maximum Gasteiger partial charge on any atom is 0.223 e. The number of amides is 1. The minimum atomic E-state index is -0.0343. The first kappa shape index (κ1) is 14.9. The summed E-state index contributed by atoms with van der Waals surface area (Å²) in [4.78, 5) is 17.0. The second-order valence-corrected chi connectivity index (χ2v) is 6.45. The van der Waals surface area contributed by atoms with Gasteiger partial charge in [-0.15, -0.1) is 0 Å². The van der Waals surface area contributed by atoms with E-state index in [0.29, 0.717) is 6.42 Å². The van der Waals surface area contributed by atoms with E-state index in [1.165, 1.54) is 0 Å². The molecule has 1 N–H and O–H groups in total. The smallest absolute Gasteiger partial charge is 0.223 e. The molecule has 1 atom stereocenters. The molecule has 1 fully saturated rings. The van der Waals surface area contributed by atoms with Crippen LogP contribution in [0.4, 0.5) is 0 Å². The molecule has 1 heterocycles. The molecule has 3 aromatic rings. The molecule has 24 heavy (non-hydrogen) atoms. The highest BCUT2D eigenvalue weighted by molar-refractivity contribution is 5.81. The monoisotopic (exact) mass is 316 g/mol. The lowest BCUT2D eigenvalue weighted by molar-refractivity contribution is -0.123. The van der Waals surface area contributed by atoms with Gasteiger partial charge < -0.3 is 5.32 Å². The van der Waals surface area contributed by atoms with Crippen LogP contribution in [0.3, 0.4) is 0 Å². The summed E-state index contributed by atoms with van der Waals surface area (Å²) in [7, 11) is 0. The Kier molecular flexibility index (Phi) is 3.99. The Balaban J connectivity index is 1.60. The topological polar surface area (TPSA) is 42.0 Å². The minimum absolute atomic E-state index is 0.0343. The van der Waals surface area contributed by atoms with Crippen LogP contribution in [0.1, 0.15) is 30.1 Å². The molecule has 3 nitrogen and oxygen atoms in total. The standard InChI is InChI=1S/C21H20N2O/c24-21(17-10-11-17)23-20(15-6-2-1-3-7-15)14-18-13-12-16-8-4-5-9-19(16)22-18/h1-9,12-13,17,20H,10-11,14H2,(H,23,24). The molecule has 1 unspecified atom stereocenters. The number of hydrogen-bond donors (Lipinski definition) is 1. The largest absolute Gasteiger partial charge is 0.349 e. The third-order valence-electron chi connectivity index (χ3n) is 4.54. The number of aromatic nitrogens is 1. The van der Waals surface area contributed by atoms with Crippen molar-refractivity contribution in [1.82, 2.24) is 10.3 Å². The van der Waals surface area contributed by atoms with E-state index >= 15 is 0 Å². The summed E-state index contributed by atoms with van der Waals surface area (Å²) in [5.74, 6) is 0.380. The van der Waals surface area contributed by atoms with E-state index in [1.54, 1.807) is 0 Å². The molecular weight excluding hydrogens is 296 g/mol. The van der Waals surface area contributed by atoms with Gasteiger partial charge in [-0.1, -0.05) is 54.6 Å². The quantitative estimate of drug-likeness (QED) is 0.772. The number of fused-ring (bicyclic) bond motifs is 1. The first-order chi connectivity index (χ1) is 11.8. The highest BCUT2D eigenvalue weighted by Gasteiger charge is 2.31. The van der Waals surface area contributed by atoms with Crippen LogP contribution in [0.25, 0.3) is 10.9 Å². The number of nitrogens with zero attached hydrogens (tertiary/aromatic N) is 1. The van der Waals surface area contributed by atoms with E-state index in [1.807, 2.05) is 36.4 Å². The predicted octanol–water partition coefficient (Wildman–Crippen LogP) is 4.04. The van der Waals surface area contributed by atoms with Crippen molar-refractivity contribution in [1.29, 1.82) is 0 Å². The maximum absolute atomic E-state index is 12.3. The summed E-state index contributed by atoms with van der Waals surface area (Å²) in [6.45, 7) is 0. The molecule has 0 spiro atoms. The molecule has 0 saturated heterocycles. The Labute approximate surface area is 141 Å². The second-order valence-electron chi connectivity index (χ2n) is 6.45. The van der Waals surface area contributed by atoms with E-state index in [0.717, 1.165) is 35.0 Å². The van der Waals surface area contributed by atoms with Crippen molar-refractivity contribution in [2.24, 2.45) is 5.92 Å². The highest BCUT2D eigenvalue weighted by Crippen LogP contribution is 2.30. The zero-order valence-electron chi connectivity index (χ0n) is 13.5. The van der Waals surface area contributed by atoms with Crippen LogP contribution < -0.4 is 5.32 Å².